The SMILES string of the molecule is COc1ccc(C(=O)N(Cc2cc(NC(=O)NC(C)C)ccc2N(C)C)[C@H](C)c2ccccc2)cc1. The molecule has 3 amide bonds. The molecule has 0 saturated heterocycles. The predicted molar refractivity (Wildman–Crippen MR) is 146 cm³/mol. The highest BCUT2D eigenvalue weighted by molar-refractivity contribution is 5.95. The summed E-state index contributed by atoms with van der Waals surface area (Å²) >= 11 is 0. The van der Waals surface area contributed by atoms with Gasteiger partial charge in [0.05, 0.1) is 13.2 Å². The molecule has 36 heavy (non-hydrogen) atoms. The summed E-state index contributed by atoms with van der Waals surface area (Å²) in [5, 5.41) is 5.74. The fourth-order valence-electron chi connectivity index (χ4n) is 4.03. The number of nitrogens with zero attached hydrogens (tertiary/aromatic N) is 2. The quantitative estimate of drug-likeness (QED) is 0.406. The van der Waals surface area contributed by atoms with Crippen molar-refractivity contribution in [2.45, 2.75) is 39.4 Å². The zero-order valence-electron chi connectivity index (χ0n) is 21.9. The van der Waals surface area contributed by atoms with E-state index in [1.54, 1.807) is 31.4 Å². The van der Waals surface area contributed by atoms with Crippen LogP contribution in [0.3, 0.4) is 0 Å². The zero-order chi connectivity index (χ0) is 26.2. The molecule has 0 aromatic heterocycles. The van der Waals surface area contributed by atoms with Crippen LogP contribution in [0.1, 0.15) is 48.3 Å². The van der Waals surface area contributed by atoms with Crippen molar-refractivity contribution in [3.05, 3.63) is 89.5 Å². The maximum absolute atomic E-state index is 13.8. The van der Waals surface area contributed by atoms with Crippen LogP contribution in [0.2, 0.25) is 0 Å². The van der Waals surface area contributed by atoms with Crippen LogP contribution in [0.4, 0.5) is 16.2 Å². The van der Waals surface area contributed by atoms with Gasteiger partial charge in [-0.2, -0.15) is 0 Å². The van der Waals surface area contributed by atoms with Crippen molar-refractivity contribution in [1.82, 2.24) is 10.2 Å². The van der Waals surface area contributed by atoms with E-state index in [1.165, 1.54) is 0 Å². The number of urea groups is 1. The van der Waals surface area contributed by atoms with Crippen molar-refractivity contribution >= 4 is 23.3 Å². The zero-order valence-corrected chi connectivity index (χ0v) is 21.9. The molecule has 3 aromatic rings. The second-order valence-electron chi connectivity index (χ2n) is 9.24. The van der Waals surface area contributed by atoms with E-state index in [0.29, 0.717) is 23.5 Å². The lowest BCUT2D eigenvalue weighted by Crippen LogP contribution is -2.35. The van der Waals surface area contributed by atoms with Gasteiger partial charge in [0.15, 0.2) is 0 Å². The van der Waals surface area contributed by atoms with Crippen LogP contribution in [0.25, 0.3) is 0 Å². The van der Waals surface area contributed by atoms with Crippen LogP contribution < -0.4 is 20.3 Å². The molecule has 0 spiro atoms. The molecule has 0 saturated carbocycles. The Kier molecular flexibility index (Phi) is 8.95. The van der Waals surface area contributed by atoms with Crippen molar-refractivity contribution in [3.63, 3.8) is 0 Å². The Bertz CT molecular complexity index is 1160. The molecule has 0 aliphatic carbocycles. The van der Waals surface area contributed by atoms with Crippen LogP contribution >= 0.6 is 0 Å². The lowest BCUT2D eigenvalue weighted by molar-refractivity contribution is 0.0674. The molecule has 190 valence electrons. The Balaban J connectivity index is 2.00. The lowest BCUT2D eigenvalue weighted by atomic mass is 10.0. The van der Waals surface area contributed by atoms with E-state index in [-0.39, 0.29) is 24.0 Å². The van der Waals surface area contributed by atoms with Crippen LogP contribution in [0, 0.1) is 0 Å². The fourth-order valence-corrected chi connectivity index (χ4v) is 4.03. The summed E-state index contributed by atoms with van der Waals surface area (Å²) in [7, 11) is 5.53. The number of carbonyl (C=O) groups is 2. The van der Waals surface area contributed by atoms with Gasteiger partial charge in [0.25, 0.3) is 5.91 Å². The maximum atomic E-state index is 13.8. The van der Waals surface area contributed by atoms with E-state index >= 15 is 0 Å². The largest absolute Gasteiger partial charge is 0.497 e. The fraction of sp³-hybridized carbons (Fsp3) is 0.310. The Labute approximate surface area is 214 Å². The molecule has 0 radical (unpaired) electrons. The normalized spacial score (nSPS) is 11.5. The molecule has 7 nitrogen and oxygen atoms in total. The second-order valence-corrected chi connectivity index (χ2v) is 9.24. The average Bonchev–Trinajstić information content (AvgIpc) is 2.86. The highest BCUT2D eigenvalue weighted by Crippen LogP contribution is 2.30. The Morgan fingerprint density at radius 1 is 0.917 bits per heavy atom. The van der Waals surface area contributed by atoms with E-state index in [1.807, 2.05) is 93.2 Å². The third kappa shape index (κ3) is 6.78. The van der Waals surface area contributed by atoms with E-state index in [9.17, 15) is 9.59 Å². The number of benzene rings is 3. The number of carbonyl (C=O) groups excluding carboxylic acids is 2. The molecule has 0 fully saturated rings. The third-order valence-electron chi connectivity index (χ3n) is 5.93. The average molecular weight is 489 g/mol. The van der Waals surface area contributed by atoms with Crippen LogP contribution in [0.15, 0.2) is 72.8 Å². The highest BCUT2D eigenvalue weighted by Gasteiger charge is 2.25. The van der Waals surface area contributed by atoms with Crippen molar-refractivity contribution in [2.75, 3.05) is 31.4 Å². The number of amides is 3. The summed E-state index contributed by atoms with van der Waals surface area (Å²) < 4.78 is 5.26. The minimum atomic E-state index is -0.266. The number of hydrogen-bond donors (Lipinski definition) is 2. The molecule has 0 bridgehead atoms. The summed E-state index contributed by atoms with van der Waals surface area (Å²) in [4.78, 5) is 30.0. The monoisotopic (exact) mass is 488 g/mol. The molecule has 3 rings (SSSR count). The standard InChI is InChI=1S/C29H36N4O3/c1-20(2)30-29(35)31-25-14-17-27(32(4)5)24(18-25)19-33(21(3)22-10-8-7-9-11-22)28(34)23-12-15-26(36-6)16-13-23/h7-18,20-21H,19H2,1-6H3,(H2,30,31,35)/t21-/m1/s1. The van der Waals surface area contributed by atoms with E-state index < -0.39 is 0 Å². The molecule has 0 heterocycles. The molecule has 1 atom stereocenters. The number of rotatable bonds is 9. The Morgan fingerprint density at radius 2 is 1.58 bits per heavy atom. The number of hydrogen-bond acceptors (Lipinski definition) is 4. The molecular formula is C29H36N4O3. The number of methoxy groups -OCH3 is 1. The summed E-state index contributed by atoms with van der Waals surface area (Å²) in [5.41, 5.74) is 4.18. The van der Waals surface area contributed by atoms with Crippen molar-refractivity contribution in [2.24, 2.45) is 0 Å². The second kappa shape index (κ2) is 12.1. The van der Waals surface area contributed by atoms with Gasteiger partial charge in [-0.1, -0.05) is 30.3 Å². The van der Waals surface area contributed by atoms with E-state index in [2.05, 4.69) is 10.6 Å². The summed E-state index contributed by atoms with van der Waals surface area (Å²) in [6, 6.07) is 22.5. The molecule has 0 aliphatic heterocycles. The van der Waals surface area contributed by atoms with Crippen molar-refractivity contribution < 1.29 is 14.3 Å². The summed E-state index contributed by atoms with van der Waals surface area (Å²) in [6.07, 6.45) is 0. The lowest BCUT2D eigenvalue weighted by Gasteiger charge is -2.32. The van der Waals surface area contributed by atoms with Gasteiger partial charge in [-0.3, -0.25) is 4.79 Å². The smallest absolute Gasteiger partial charge is 0.319 e. The van der Waals surface area contributed by atoms with Crippen molar-refractivity contribution in [3.8, 4) is 5.75 Å². The van der Waals surface area contributed by atoms with Gasteiger partial charge in [0.1, 0.15) is 5.75 Å². The van der Waals surface area contributed by atoms with Gasteiger partial charge in [0.2, 0.25) is 0 Å². The Hall–Kier alpha value is -4.00. The minimum absolute atomic E-state index is 0.0230. The topological polar surface area (TPSA) is 73.9 Å². The number of anilines is 2. The van der Waals surface area contributed by atoms with Crippen LogP contribution in [-0.2, 0) is 6.54 Å². The van der Waals surface area contributed by atoms with Crippen molar-refractivity contribution in [1.29, 1.82) is 0 Å². The minimum Gasteiger partial charge on any atom is -0.497 e. The number of nitrogens with one attached hydrogen (secondary N) is 2. The molecule has 0 aliphatic rings. The first kappa shape index (κ1) is 26.6. The van der Waals surface area contributed by atoms with E-state index in [0.717, 1.165) is 16.8 Å². The first-order chi connectivity index (χ1) is 17.2. The third-order valence-corrected chi connectivity index (χ3v) is 5.93. The molecule has 0 unspecified atom stereocenters. The van der Waals surface area contributed by atoms with Gasteiger partial charge < -0.3 is 25.2 Å². The first-order valence-electron chi connectivity index (χ1n) is 12.1. The predicted octanol–water partition coefficient (Wildman–Crippen LogP) is 5.69. The highest BCUT2D eigenvalue weighted by atomic mass is 16.5. The van der Waals surface area contributed by atoms with Crippen LogP contribution in [0.5, 0.6) is 5.75 Å². The Morgan fingerprint density at radius 3 is 2.17 bits per heavy atom. The molecular weight excluding hydrogens is 452 g/mol. The molecule has 7 heteroatoms. The molecule has 2 N–H and O–H groups in total. The summed E-state index contributed by atoms with van der Waals surface area (Å²) in [6.45, 7) is 6.21. The van der Waals surface area contributed by atoms with Gasteiger partial charge in [-0.25, -0.2) is 4.79 Å². The van der Waals surface area contributed by atoms with Gasteiger partial charge in [0, 0.05) is 43.6 Å². The van der Waals surface area contributed by atoms with Crippen LogP contribution in [-0.4, -0.2) is 44.1 Å². The van der Waals surface area contributed by atoms with Gasteiger partial charge in [-0.15, -0.1) is 0 Å². The van der Waals surface area contributed by atoms with E-state index in [4.69, 9.17) is 4.74 Å². The van der Waals surface area contributed by atoms with Gasteiger partial charge >= 0.3 is 6.03 Å². The number of ether oxygens (including phenoxy) is 1. The summed E-state index contributed by atoms with van der Waals surface area (Å²) in [5.74, 6) is 0.608. The molecule has 3 aromatic carbocycles. The first-order valence-corrected chi connectivity index (χ1v) is 12.1. The van der Waals surface area contributed by atoms with Gasteiger partial charge in [-0.05, 0) is 74.4 Å². The maximum Gasteiger partial charge on any atom is 0.319 e.